The molecule has 0 heterocycles. The SMILES string of the molecule is O=C(O)C(F)(C(F)(F)C(F)(F)C(F)(F)C(F)(F)C(F)(F)C(F)(F)C(F)(F)C(F)(F)F)S(=O)(=O)O. The smallest absolute Gasteiger partial charge is 0.460 e. The monoisotopic (exact) mass is 576 g/mol. The Morgan fingerprint density at radius 3 is 0.853 bits per heavy atom. The third-order valence-corrected chi connectivity index (χ3v) is 4.90. The summed E-state index contributed by atoms with van der Waals surface area (Å²) in [5, 5.41) is 0.424. The zero-order valence-corrected chi connectivity index (χ0v) is 15.1. The molecule has 0 bridgehead atoms. The van der Waals surface area contributed by atoms with Crippen molar-refractivity contribution in [3.05, 3.63) is 0 Å². The molecule has 204 valence electrons. The number of hydrogen-bond acceptors (Lipinski definition) is 3. The van der Waals surface area contributed by atoms with Gasteiger partial charge in [-0.15, -0.1) is 0 Å². The maximum absolute atomic E-state index is 13.6. The Bertz CT molecular complexity index is 920. The van der Waals surface area contributed by atoms with Crippen molar-refractivity contribution in [2.24, 2.45) is 0 Å². The summed E-state index contributed by atoms with van der Waals surface area (Å²) in [5.74, 6) is -66.9. The first kappa shape index (κ1) is 32.1. The number of rotatable bonds is 9. The van der Waals surface area contributed by atoms with Gasteiger partial charge >= 0.3 is 68.7 Å². The van der Waals surface area contributed by atoms with E-state index in [-0.39, 0.29) is 0 Å². The highest BCUT2D eigenvalue weighted by Gasteiger charge is 2.97. The normalized spacial score (nSPS) is 18.0. The van der Waals surface area contributed by atoms with Crippen molar-refractivity contribution in [3.63, 3.8) is 0 Å². The molecule has 34 heavy (non-hydrogen) atoms. The highest BCUT2D eigenvalue weighted by molar-refractivity contribution is 7.88. The maximum atomic E-state index is 13.6. The predicted octanol–water partition coefficient (Wildman–Crippen LogP) is 4.63. The number of aliphatic carboxylic acids is 1. The number of halogens is 18. The molecule has 1 unspecified atom stereocenters. The minimum atomic E-state index is -9.19. The standard InChI is InChI=1S/C10H2F18O5S/c11-2(1(29)30,34(31,32)33)3(12,13)4(14,15)5(16,17)6(18,19)7(20,21)8(22,23)9(24,25)10(26,27)28/h(H,29,30)(H,31,32,33). The van der Waals surface area contributed by atoms with E-state index < -0.39 is 68.7 Å². The maximum Gasteiger partial charge on any atom is 0.460 e. The van der Waals surface area contributed by atoms with Crippen molar-refractivity contribution in [1.82, 2.24) is 0 Å². The van der Waals surface area contributed by atoms with Crippen LogP contribution in [0.3, 0.4) is 0 Å². The fourth-order valence-corrected chi connectivity index (χ4v) is 2.45. The Labute approximate surface area is 172 Å². The lowest BCUT2D eigenvalue weighted by molar-refractivity contribution is -0.463. The molecule has 0 aliphatic heterocycles. The van der Waals surface area contributed by atoms with Crippen LogP contribution in [0.2, 0.25) is 0 Å². The second-order valence-electron chi connectivity index (χ2n) is 5.89. The molecule has 0 aliphatic carbocycles. The number of carboxylic acid groups (broad SMARTS) is 1. The number of alkyl halides is 18. The summed E-state index contributed by atoms with van der Waals surface area (Å²) >= 11 is 0. The Balaban J connectivity index is 7.29. The van der Waals surface area contributed by atoms with Crippen molar-refractivity contribution in [2.45, 2.75) is 52.6 Å². The largest absolute Gasteiger partial charge is 0.478 e. The first-order valence-corrected chi connectivity index (χ1v) is 8.24. The third kappa shape index (κ3) is 3.53. The highest BCUT2D eigenvalue weighted by Crippen LogP contribution is 2.65. The summed E-state index contributed by atoms with van der Waals surface area (Å²) in [6.07, 6.45) is -8.01. The van der Waals surface area contributed by atoms with Gasteiger partial charge in [0.05, 0.1) is 0 Å². The third-order valence-electron chi connectivity index (χ3n) is 3.76. The van der Waals surface area contributed by atoms with Gasteiger partial charge in [-0.2, -0.15) is 83.1 Å². The van der Waals surface area contributed by atoms with Gasteiger partial charge < -0.3 is 5.11 Å². The Morgan fingerprint density at radius 1 is 0.471 bits per heavy atom. The molecule has 0 amide bonds. The van der Waals surface area contributed by atoms with E-state index in [0.717, 1.165) is 0 Å². The van der Waals surface area contributed by atoms with Gasteiger partial charge in [-0.1, -0.05) is 0 Å². The van der Waals surface area contributed by atoms with Gasteiger partial charge in [-0.25, -0.2) is 9.18 Å². The molecule has 0 saturated carbocycles. The second-order valence-corrected chi connectivity index (χ2v) is 7.41. The van der Waals surface area contributed by atoms with E-state index >= 15 is 0 Å². The van der Waals surface area contributed by atoms with Crippen LogP contribution in [0.5, 0.6) is 0 Å². The van der Waals surface area contributed by atoms with Crippen molar-refractivity contribution in [1.29, 1.82) is 0 Å². The van der Waals surface area contributed by atoms with Crippen molar-refractivity contribution in [3.8, 4) is 0 Å². The minimum absolute atomic E-state index is 4.63. The number of carboxylic acids is 1. The molecular formula is C10H2F18O5S. The summed E-state index contributed by atoms with van der Waals surface area (Å²) in [4.78, 5) is 10.3. The molecule has 5 nitrogen and oxygen atoms in total. The van der Waals surface area contributed by atoms with E-state index in [4.69, 9.17) is 9.66 Å². The van der Waals surface area contributed by atoms with E-state index in [0.29, 0.717) is 0 Å². The Morgan fingerprint density at radius 2 is 0.676 bits per heavy atom. The number of carbonyl (C=O) groups is 1. The molecule has 2 N–H and O–H groups in total. The minimum Gasteiger partial charge on any atom is -0.478 e. The zero-order chi connectivity index (χ0) is 28.6. The molecule has 0 radical (unpaired) electrons. The molecule has 0 rings (SSSR count). The lowest BCUT2D eigenvalue weighted by Crippen LogP contribution is -2.77. The average molecular weight is 576 g/mol. The van der Waals surface area contributed by atoms with E-state index in [2.05, 4.69) is 0 Å². The van der Waals surface area contributed by atoms with Gasteiger partial charge in [0.1, 0.15) is 0 Å². The molecule has 0 fully saturated rings. The van der Waals surface area contributed by atoms with E-state index in [1.54, 1.807) is 0 Å². The molecule has 0 aromatic carbocycles. The fourth-order valence-electron chi connectivity index (χ4n) is 1.77. The molecule has 24 heteroatoms. The van der Waals surface area contributed by atoms with Crippen LogP contribution in [0.4, 0.5) is 79.0 Å². The molecule has 0 spiro atoms. The zero-order valence-electron chi connectivity index (χ0n) is 14.3. The van der Waals surface area contributed by atoms with Crippen LogP contribution in [-0.2, 0) is 14.9 Å². The van der Waals surface area contributed by atoms with Crippen LogP contribution >= 0.6 is 0 Å². The first-order chi connectivity index (χ1) is 14.2. The molecule has 0 aromatic rings. The first-order valence-electron chi connectivity index (χ1n) is 6.80. The lowest BCUT2D eigenvalue weighted by atomic mass is 9.88. The van der Waals surface area contributed by atoms with Crippen LogP contribution in [0, 0.1) is 0 Å². The van der Waals surface area contributed by atoms with Crippen molar-refractivity contribution in [2.75, 3.05) is 0 Å². The van der Waals surface area contributed by atoms with Gasteiger partial charge in [0.25, 0.3) is 0 Å². The molecule has 0 saturated heterocycles. The van der Waals surface area contributed by atoms with Crippen LogP contribution in [0.25, 0.3) is 0 Å². The molecular weight excluding hydrogens is 574 g/mol. The predicted molar refractivity (Wildman–Crippen MR) is 63.7 cm³/mol. The van der Waals surface area contributed by atoms with Gasteiger partial charge in [0.2, 0.25) is 0 Å². The van der Waals surface area contributed by atoms with Gasteiger partial charge in [0.15, 0.2) is 0 Å². The van der Waals surface area contributed by atoms with Crippen LogP contribution in [0.1, 0.15) is 0 Å². The Kier molecular flexibility index (Phi) is 7.14. The fraction of sp³-hybridized carbons (Fsp3) is 0.900. The van der Waals surface area contributed by atoms with E-state index in [1.807, 2.05) is 0 Å². The second kappa shape index (κ2) is 7.56. The summed E-state index contributed by atoms with van der Waals surface area (Å²) in [7, 11) is -8.00. The molecule has 0 aliphatic rings. The summed E-state index contributed by atoms with van der Waals surface area (Å²) in [6.45, 7) is 0. The van der Waals surface area contributed by atoms with Crippen LogP contribution in [-0.4, -0.2) is 76.7 Å². The number of hydrogen-bond donors (Lipinski definition) is 2. The quantitative estimate of drug-likeness (QED) is 0.309. The van der Waals surface area contributed by atoms with Crippen molar-refractivity contribution >= 4 is 16.1 Å². The van der Waals surface area contributed by atoms with Gasteiger partial charge in [-0.3, -0.25) is 4.55 Å². The molecule has 0 aromatic heterocycles. The van der Waals surface area contributed by atoms with Crippen molar-refractivity contribution < 1.29 is 102 Å². The van der Waals surface area contributed by atoms with Gasteiger partial charge in [0, 0.05) is 0 Å². The highest BCUT2D eigenvalue weighted by atomic mass is 32.2. The molecule has 1 atom stereocenters. The van der Waals surface area contributed by atoms with E-state index in [1.165, 1.54) is 0 Å². The van der Waals surface area contributed by atoms with E-state index in [9.17, 15) is 92.2 Å². The summed E-state index contributed by atoms with van der Waals surface area (Å²) in [5.41, 5.74) is 0. The average Bonchev–Trinajstić information content (AvgIpc) is 2.57. The van der Waals surface area contributed by atoms with Crippen LogP contribution in [0.15, 0.2) is 0 Å². The summed E-state index contributed by atoms with van der Waals surface area (Å²) in [6, 6.07) is 0. The Hall–Kier alpha value is -1.88. The lowest BCUT2D eigenvalue weighted by Gasteiger charge is -2.43. The van der Waals surface area contributed by atoms with Gasteiger partial charge in [-0.05, 0) is 0 Å². The topological polar surface area (TPSA) is 91.7 Å². The van der Waals surface area contributed by atoms with Crippen LogP contribution < -0.4 is 0 Å². The summed E-state index contributed by atoms with van der Waals surface area (Å²) < 4.78 is 263.